The number of nitrogens with one attached hydrogen (secondary N) is 1. The molecule has 1 unspecified atom stereocenters. The minimum absolute atomic E-state index is 0.0761. The van der Waals surface area contributed by atoms with Crippen LogP contribution in [0, 0.1) is 11.8 Å². The number of ether oxygens (including phenoxy) is 1. The highest BCUT2D eigenvalue weighted by molar-refractivity contribution is 7.90. The monoisotopic (exact) mass is 584 g/mol. The van der Waals surface area contributed by atoms with E-state index in [1.54, 1.807) is 6.20 Å². The number of anilines is 1. The summed E-state index contributed by atoms with van der Waals surface area (Å²) in [6.45, 7) is 1.74. The van der Waals surface area contributed by atoms with Gasteiger partial charge in [0.15, 0.2) is 0 Å². The maximum atomic E-state index is 11.4. The number of hydrogen-bond acceptors (Lipinski definition) is 9. The van der Waals surface area contributed by atoms with Gasteiger partial charge in [-0.05, 0) is 75.1 Å². The number of nitrogens with two attached hydrogens (primary N) is 1. The minimum atomic E-state index is -3.01. The molecule has 2 aliphatic rings. The highest BCUT2D eigenvalue weighted by Crippen LogP contribution is 2.32. The number of fused-ring (bicyclic) bond motifs is 1. The van der Waals surface area contributed by atoms with Crippen LogP contribution >= 0.6 is 0 Å². The average Bonchev–Trinajstić information content (AvgIpc) is 3.40. The van der Waals surface area contributed by atoms with Gasteiger partial charge in [-0.1, -0.05) is 6.07 Å². The van der Waals surface area contributed by atoms with Crippen molar-refractivity contribution < 1.29 is 23.1 Å². The Hall–Kier alpha value is -3.22. The standard InChI is InChI=1S/C29H40N6O5S/c1-41(38,39)19-3-18-40-25-5-2-4-24-23(25)13-17-35(24)26-10-14-31-29(33-26)32-22-8-6-21(7-9-22)28(37)34-15-11-20(12-16-34)27(30)36/h2,4-5,10,13-14,17,20-22,28,37H,3,6-9,11-12,15-16,18-19H2,1H3,(H2,30,36)(H,31,32,33). The van der Waals surface area contributed by atoms with Crippen LogP contribution in [0.4, 0.5) is 5.95 Å². The summed E-state index contributed by atoms with van der Waals surface area (Å²) in [7, 11) is -3.01. The van der Waals surface area contributed by atoms with E-state index in [1.807, 2.05) is 41.1 Å². The maximum Gasteiger partial charge on any atom is 0.224 e. The Morgan fingerprint density at radius 2 is 1.90 bits per heavy atom. The van der Waals surface area contributed by atoms with Crippen LogP contribution in [0.2, 0.25) is 0 Å². The molecule has 41 heavy (non-hydrogen) atoms. The van der Waals surface area contributed by atoms with Crippen molar-refractivity contribution >= 4 is 32.6 Å². The van der Waals surface area contributed by atoms with Crippen LogP contribution < -0.4 is 15.8 Å². The van der Waals surface area contributed by atoms with Gasteiger partial charge in [-0.25, -0.2) is 13.4 Å². The molecule has 1 atom stereocenters. The second-order valence-corrected chi connectivity index (χ2v) is 13.6. The van der Waals surface area contributed by atoms with E-state index < -0.39 is 16.1 Å². The molecule has 2 aromatic heterocycles. The van der Waals surface area contributed by atoms with Crippen molar-refractivity contribution in [3.05, 3.63) is 42.7 Å². The molecule has 1 amide bonds. The summed E-state index contributed by atoms with van der Waals surface area (Å²) in [6.07, 6.45) is 9.94. The fourth-order valence-electron chi connectivity index (χ4n) is 6.01. The van der Waals surface area contributed by atoms with Crippen molar-refractivity contribution in [2.45, 2.75) is 57.2 Å². The van der Waals surface area contributed by atoms with E-state index in [1.165, 1.54) is 6.26 Å². The lowest BCUT2D eigenvalue weighted by Gasteiger charge is -2.40. The van der Waals surface area contributed by atoms with Crippen molar-refractivity contribution in [3.8, 4) is 11.6 Å². The molecule has 5 rings (SSSR count). The number of piperidine rings is 1. The summed E-state index contributed by atoms with van der Waals surface area (Å²) in [6, 6.07) is 9.85. The summed E-state index contributed by atoms with van der Waals surface area (Å²) >= 11 is 0. The lowest BCUT2D eigenvalue weighted by Crippen LogP contribution is -2.48. The van der Waals surface area contributed by atoms with Gasteiger partial charge in [0.05, 0.1) is 17.9 Å². The first-order valence-corrected chi connectivity index (χ1v) is 16.5. The van der Waals surface area contributed by atoms with E-state index in [-0.39, 0.29) is 29.5 Å². The molecular weight excluding hydrogens is 544 g/mol. The van der Waals surface area contributed by atoms with Crippen LogP contribution in [0.15, 0.2) is 42.7 Å². The summed E-state index contributed by atoms with van der Waals surface area (Å²) in [5, 5.41) is 15.4. The van der Waals surface area contributed by atoms with Crippen LogP contribution in [-0.4, -0.2) is 82.8 Å². The van der Waals surface area contributed by atoms with Gasteiger partial charge >= 0.3 is 0 Å². The quantitative estimate of drug-likeness (QED) is 0.289. The van der Waals surface area contributed by atoms with E-state index in [9.17, 15) is 18.3 Å². The molecule has 11 nitrogen and oxygen atoms in total. The molecule has 0 bridgehead atoms. The Labute approximate surface area is 241 Å². The smallest absolute Gasteiger partial charge is 0.224 e. The van der Waals surface area contributed by atoms with Gasteiger partial charge in [-0.15, -0.1) is 0 Å². The number of likely N-dealkylation sites (tertiary alicyclic amines) is 1. The molecule has 12 heteroatoms. The second kappa shape index (κ2) is 12.7. The molecule has 2 fully saturated rings. The maximum absolute atomic E-state index is 11.4. The zero-order valence-electron chi connectivity index (χ0n) is 23.5. The molecule has 1 aromatic carbocycles. The third kappa shape index (κ3) is 7.35. The summed E-state index contributed by atoms with van der Waals surface area (Å²) < 4.78 is 30.7. The number of nitrogens with zero attached hydrogens (tertiary/aromatic N) is 4. The van der Waals surface area contributed by atoms with Crippen LogP contribution in [-0.2, 0) is 14.6 Å². The number of rotatable bonds is 11. The number of aromatic nitrogens is 3. The van der Waals surface area contributed by atoms with Gasteiger partial charge < -0.3 is 25.5 Å². The Morgan fingerprint density at radius 3 is 2.61 bits per heavy atom. The van der Waals surface area contributed by atoms with Crippen molar-refractivity contribution in [3.63, 3.8) is 0 Å². The number of aliphatic hydroxyl groups excluding tert-OH is 1. The highest BCUT2D eigenvalue weighted by atomic mass is 32.2. The number of carbonyl (C=O) groups is 1. The van der Waals surface area contributed by atoms with Crippen molar-refractivity contribution in [2.75, 3.05) is 37.0 Å². The molecule has 222 valence electrons. The highest BCUT2D eigenvalue weighted by Gasteiger charge is 2.33. The number of primary amides is 1. The molecule has 1 aliphatic heterocycles. The summed E-state index contributed by atoms with van der Waals surface area (Å²) in [4.78, 5) is 22.8. The summed E-state index contributed by atoms with van der Waals surface area (Å²) in [5.74, 6) is 2.00. The normalized spacial score (nSPS) is 21.5. The van der Waals surface area contributed by atoms with Gasteiger partial charge in [0.2, 0.25) is 11.9 Å². The summed E-state index contributed by atoms with van der Waals surface area (Å²) in [5.41, 5.74) is 6.38. The molecule has 3 aromatic rings. The molecular formula is C29H40N6O5S. The third-order valence-corrected chi connectivity index (χ3v) is 9.36. The largest absolute Gasteiger partial charge is 0.493 e. The van der Waals surface area contributed by atoms with E-state index in [0.717, 1.165) is 42.4 Å². The first-order chi connectivity index (χ1) is 19.7. The Bertz CT molecular complexity index is 1440. The van der Waals surface area contributed by atoms with Gasteiger partial charge in [0.25, 0.3) is 0 Å². The van der Waals surface area contributed by atoms with Crippen LogP contribution in [0.3, 0.4) is 0 Å². The van der Waals surface area contributed by atoms with Crippen LogP contribution in [0.1, 0.15) is 44.9 Å². The zero-order valence-corrected chi connectivity index (χ0v) is 24.3. The second-order valence-electron chi connectivity index (χ2n) is 11.3. The number of hydrogen-bond donors (Lipinski definition) is 3. The molecule has 1 saturated heterocycles. The number of sulfone groups is 1. The van der Waals surface area contributed by atoms with E-state index in [2.05, 4.69) is 15.2 Å². The van der Waals surface area contributed by atoms with Gasteiger partial charge in [-0.2, -0.15) is 4.98 Å². The van der Waals surface area contributed by atoms with Crippen molar-refractivity contribution in [1.29, 1.82) is 0 Å². The molecule has 0 spiro atoms. The predicted octanol–water partition coefficient (Wildman–Crippen LogP) is 2.72. The number of amides is 1. The van der Waals surface area contributed by atoms with Crippen LogP contribution in [0.25, 0.3) is 16.7 Å². The topological polar surface area (TPSA) is 153 Å². The predicted molar refractivity (Wildman–Crippen MR) is 158 cm³/mol. The lowest BCUT2D eigenvalue weighted by atomic mass is 9.83. The van der Waals surface area contributed by atoms with Gasteiger partial charge in [0, 0.05) is 49.1 Å². The van der Waals surface area contributed by atoms with E-state index >= 15 is 0 Å². The van der Waals surface area contributed by atoms with Gasteiger partial charge in [0.1, 0.15) is 27.6 Å². The van der Waals surface area contributed by atoms with Crippen LogP contribution in [0.5, 0.6) is 5.75 Å². The molecule has 0 radical (unpaired) electrons. The minimum Gasteiger partial charge on any atom is -0.493 e. The van der Waals surface area contributed by atoms with Crippen molar-refractivity contribution in [1.82, 2.24) is 19.4 Å². The Balaban J connectivity index is 1.17. The zero-order chi connectivity index (χ0) is 29.0. The number of benzene rings is 1. The molecule has 3 heterocycles. The Kier molecular flexibility index (Phi) is 9.10. The molecule has 1 saturated carbocycles. The first kappa shape index (κ1) is 29.3. The van der Waals surface area contributed by atoms with E-state index in [4.69, 9.17) is 15.5 Å². The van der Waals surface area contributed by atoms with Crippen molar-refractivity contribution in [2.24, 2.45) is 17.6 Å². The fraction of sp³-hybridized carbons (Fsp3) is 0.552. The van der Waals surface area contributed by atoms with Gasteiger partial charge in [-0.3, -0.25) is 9.69 Å². The fourth-order valence-corrected chi connectivity index (χ4v) is 6.65. The third-order valence-electron chi connectivity index (χ3n) is 8.33. The SMILES string of the molecule is CS(=O)(=O)CCCOc1cccc2c1ccn2-c1ccnc(NC2CCC(C(O)N3CCC(C(N)=O)CC3)CC2)n1. The van der Waals surface area contributed by atoms with E-state index in [0.29, 0.717) is 50.7 Å². The molecule has 1 aliphatic carbocycles. The molecule has 4 N–H and O–H groups in total. The first-order valence-electron chi connectivity index (χ1n) is 14.4. The lowest BCUT2D eigenvalue weighted by molar-refractivity contribution is -0.125. The number of aliphatic hydroxyl groups is 1. The average molecular weight is 585 g/mol. The Morgan fingerprint density at radius 1 is 1.15 bits per heavy atom. The number of carbonyl (C=O) groups excluding carboxylic acids is 1.